The Morgan fingerprint density at radius 3 is 2.89 bits per heavy atom. The summed E-state index contributed by atoms with van der Waals surface area (Å²) in [4.78, 5) is 11.9. The molecule has 1 N–H and O–H groups in total. The standard InChI is InChI=1S/C13H11BrFNOS/c1-8-6-18-7-9(8)5-16-13(17)11-4-10(14)2-3-12(11)15/h2-4,6-7H,5H2,1H3,(H,16,17). The molecule has 0 saturated heterocycles. The van der Waals surface area contributed by atoms with E-state index in [-0.39, 0.29) is 5.56 Å². The molecule has 0 fully saturated rings. The summed E-state index contributed by atoms with van der Waals surface area (Å²) in [6.07, 6.45) is 0. The van der Waals surface area contributed by atoms with Gasteiger partial charge in [-0.25, -0.2) is 4.39 Å². The van der Waals surface area contributed by atoms with Crippen molar-refractivity contribution in [2.75, 3.05) is 0 Å². The van der Waals surface area contributed by atoms with Crippen LogP contribution in [0.2, 0.25) is 0 Å². The minimum absolute atomic E-state index is 0.0530. The average molecular weight is 328 g/mol. The number of halogens is 2. The summed E-state index contributed by atoms with van der Waals surface area (Å²) < 4.78 is 14.2. The molecule has 18 heavy (non-hydrogen) atoms. The van der Waals surface area contributed by atoms with Crippen molar-refractivity contribution >= 4 is 33.2 Å². The second-order valence-electron chi connectivity index (χ2n) is 3.89. The van der Waals surface area contributed by atoms with Crippen molar-refractivity contribution in [1.82, 2.24) is 5.32 Å². The highest BCUT2D eigenvalue weighted by molar-refractivity contribution is 9.10. The van der Waals surface area contributed by atoms with Crippen LogP contribution < -0.4 is 5.32 Å². The molecule has 1 aromatic carbocycles. The number of thiophene rings is 1. The lowest BCUT2D eigenvalue weighted by Gasteiger charge is -2.06. The molecular weight excluding hydrogens is 317 g/mol. The molecule has 0 aliphatic heterocycles. The number of amides is 1. The van der Waals surface area contributed by atoms with Gasteiger partial charge in [0.25, 0.3) is 5.91 Å². The van der Waals surface area contributed by atoms with E-state index in [0.29, 0.717) is 11.0 Å². The van der Waals surface area contributed by atoms with Crippen LogP contribution in [0.3, 0.4) is 0 Å². The Labute approximate surface area is 117 Å². The van der Waals surface area contributed by atoms with Crippen LogP contribution in [0.1, 0.15) is 21.5 Å². The summed E-state index contributed by atoms with van der Waals surface area (Å²) in [6.45, 7) is 2.40. The van der Waals surface area contributed by atoms with Crippen LogP contribution >= 0.6 is 27.3 Å². The smallest absolute Gasteiger partial charge is 0.254 e. The third-order valence-electron chi connectivity index (χ3n) is 2.57. The van der Waals surface area contributed by atoms with Gasteiger partial charge in [-0.1, -0.05) is 15.9 Å². The van der Waals surface area contributed by atoms with E-state index in [0.717, 1.165) is 11.1 Å². The van der Waals surface area contributed by atoms with Crippen LogP contribution in [-0.4, -0.2) is 5.91 Å². The molecule has 0 unspecified atom stereocenters. The summed E-state index contributed by atoms with van der Waals surface area (Å²) in [5, 5.41) is 6.71. The molecule has 1 heterocycles. The number of nitrogens with one attached hydrogen (secondary N) is 1. The predicted molar refractivity (Wildman–Crippen MR) is 74.3 cm³/mol. The molecule has 0 radical (unpaired) electrons. The maximum Gasteiger partial charge on any atom is 0.254 e. The summed E-state index contributed by atoms with van der Waals surface area (Å²) >= 11 is 4.81. The highest BCUT2D eigenvalue weighted by Gasteiger charge is 2.12. The van der Waals surface area contributed by atoms with Crippen molar-refractivity contribution in [3.63, 3.8) is 0 Å². The lowest BCUT2D eigenvalue weighted by molar-refractivity contribution is 0.0947. The first-order valence-electron chi connectivity index (χ1n) is 5.33. The maximum atomic E-state index is 13.5. The Bertz CT molecular complexity index is 582. The Balaban J connectivity index is 2.08. The predicted octanol–water partition coefficient (Wildman–Crippen LogP) is 3.89. The molecule has 94 valence electrons. The second-order valence-corrected chi connectivity index (χ2v) is 5.55. The van der Waals surface area contributed by atoms with Crippen LogP contribution in [0.25, 0.3) is 0 Å². The van der Waals surface area contributed by atoms with Gasteiger partial charge in [0, 0.05) is 11.0 Å². The Hall–Kier alpha value is -1.20. The fourth-order valence-corrected chi connectivity index (χ4v) is 2.73. The summed E-state index contributed by atoms with van der Waals surface area (Å²) in [5.41, 5.74) is 2.25. The van der Waals surface area contributed by atoms with Crippen molar-refractivity contribution in [2.24, 2.45) is 0 Å². The van der Waals surface area contributed by atoms with Gasteiger partial charge in [-0.3, -0.25) is 4.79 Å². The van der Waals surface area contributed by atoms with E-state index < -0.39 is 11.7 Å². The molecule has 0 spiro atoms. The third kappa shape index (κ3) is 2.97. The topological polar surface area (TPSA) is 29.1 Å². The van der Waals surface area contributed by atoms with Gasteiger partial charge in [0.2, 0.25) is 0 Å². The number of carbonyl (C=O) groups excluding carboxylic acids is 1. The van der Waals surface area contributed by atoms with Crippen molar-refractivity contribution < 1.29 is 9.18 Å². The van der Waals surface area contributed by atoms with Gasteiger partial charge in [-0.05, 0) is 47.0 Å². The van der Waals surface area contributed by atoms with Gasteiger partial charge in [0.15, 0.2) is 0 Å². The molecular formula is C13H11BrFNOS. The van der Waals surface area contributed by atoms with Crippen molar-refractivity contribution in [3.05, 3.63) is 55.9 Å². The molecule has 0 atom stereocenters. The fraction of sp³-hybridized carbons (Fsp3) is 0.154. The molecule has 0 aliphatic carbocycles. The number of hydrogen-bond acceptors (Lipinski definition) is 2. The molecule has 5 heteroatoms. The zero-order valence-electron chi connectivity index (χ0n) is 9.67. The maximum absolute atomic E-state index is 13.5. The average Bonchev–Trinajstić information content (AvgIpc) is 2.75. The molecule has 1 amide bonds. The lowest BCUT2D eigenvalue weighted by atomic mass is 10.2. The Morgan fingerprint density at radius 2 is 2.22 bits per heavy atom. The van der Waals surface area contributed by atoms with Crippen LogP contribution in [0.4, 0.5) is 4.39 Å². The molecule has 0 aliphatic rings. The van der Waals surface area contributed by atoms with Crippen LogP contribution in [0, 0.1) is 12.7 Å². The summed E-state index contributed by atoms with van der Waals surface area (Å²) in [7, 11) is 0. The van der Waals surface area contributed by atoms with Gasteiger partial charge in [0.05, 0.1) is 5.56 Å². The fourth-order valence-electron chi connectivity index (χ4n) is 1.51. The first-order chi connectivity index (χ1) is 8.58. The van der Waals surface area contributed by atoms with Gasteiger partial charge in [0.1, 0.15) is 5.82 Å². The van der Waals surface area contributed by atoms with Crippen molar-refractivity contribution in [3.8, 4) is 0 Å². The van der Waals surface area contributed by atoms with E-state index in [1.807, 2.05) is 17.7 Å². The van der Waals surface area contributed by atoms with E-state index in [1.54, 1.807) is 17.4 Å². The zero-order chi connectivity index (χ0) is 13.1. The summed E-state index contributed by atoms with van der Waals surface area (Å²) in [5.74, 6) is -0.919. The van der Waals surface area contributed by atoms with E-state index in [1.165, 1.54) is 12.1 Å². The molecule has 2 aromatic rings. The molecule has 0 saturated carbocycles. The quantitative estimate of drug-likeness (QED) is 0.910. The number of aryl methyl sites for hydroxylation is 1. The number of carbonyl (C=O) groups is 1. The van der Waals surface area contributed by atoms with Crippen molar-refractivity contribution in [1.29, 1.82) is 0 Å². The first-order valence-corrected chi connectivity index (χ1v) is 7.06. The summed E-state index contributed by atoms with van der Waals surface area (Å²) in [6, 6.07) is 4.31. The van der Waals surface area contributed by atoms with E-state index >= 15 is 0 Å². The number of benzene rings is 1. The van der Waals surface area contributed by atoms with Crippen molar-refractivity contribution in [2.45, 2.75) is 13.5 Å². The van der Waals surface area contributed by atoms with Crippen LogP contribution in [-0.2, 0) is 6.54 Å². The number of hydrogen-bond donors (Lipinski definition) is 1. The minimum atomic E-state index is -0.516. The largest absolute Gasteiger partial charge is 0.348 e. The van der Waals surface area contributed by atoms with E-state index in [4.69, 9.17) is 0 Å². The number of rotatable bonds is 3. The highest BCUT2D eigenvalue weighted by atomic mass is 79.9. The second kappa shape index (κ2) is 5.63. The third-order valence-corrected chi connectivity index (χ3v) is 3.98. The Kier molecular flexibility index (Phi) is 4.14. The van der Waals surface area contributed by atoms with Gasteiger partial charge >= 0.3 is 0 Å². The Morgan fingerprint density at radius 1 is 1.44 bits per heavy atom. The molecule has 0 bridgehead atoms. The van der Waals surface area contributed by atoms with Gasteiger partial charge < -0.3 is 5.32 Å². The monoisotopic (exact) mass is 327 g/mol. The van der Waals surface area contributed by atoms with Crippen LogP contribution in [0.5, 0.6) is 0 Å². The molecule has 2 rings (SSSR count). The normalized spacial score (nSPS) is 10.4. The SMILES string of the molecule is Cc1cscc1CNC(=O)c1cc(Br)ccc1F. The highest BCUT2D eigenvalue weighted by Crippen LogP contribution is 2.16. The van der Waals surface area contributed by atoms with Gasteiger partial charge in [-0.2, -0.15) is 11.3 Å². The van der Waals surface area contributed by atoms with Gasteiger partial charge in [-0.15, -0.1) is 0 Å². The van der Waals surface area contributed by atoms with E-state index in [2.05, 4.69) is 21.2 Å². The molecule has 2 nitrogen and oxygen atoms in total. The minimum Gasteiger partial charge on any atom is -0.348 e. The lowest BCUT2D eigenvalue weighted by Crippen LogP contribution is -2.23. The van der Waals surface area contributed by atoms with E-state index in [9.17, 15) is 9.18 Å². The van der Waals surface area contributed by atoms with Crippen LogP contribution in [0.15, 0.2) is 33.4 Å². The molecule has 1 aromatic heterocycles. The zero-order valence-corrected chi connectivity index (χ0v) is 12.1. The first kappa shape index (κ1) is 13.2.